The van der Waals surface area contributed by atoms with Gasteiger partial charge in [0.25, 0.3) is 0 Å². The minimum atomic E-state index is 0.927. The monoisotopic (exact) mass is 97.1 g/mol. The van der Waals surface area contributed by atoms with Gasteiger partial charge in [0.1, 0.15) is 7.05 Å². The number of nitrogens with one attached hydrogen (secondary N) is 1. The van der Waals surface area contributed by atoms with Crippen molar-refractivity contribution in [2.45, 2.75) is 0 Å². The van der Waals surface area contributed by atoms with Crippen molar-refractivity contribution in [2.75, 3.05) is 13.7 Å². The van der Waals surface area contributed by atoms with E-state index in [1.807, 2.05) is 25.5 Å². The van der Waals surface area contributed by atoms with Crippen molar-refractivity contribution in [3.8, 4) is 0 Å². The Morgan fingerprint density at radius 1 is 1.71 bits per heavy atom. The summed E-state index contributed by atoms with van der Waals surface area (Å²) in [5.41, 5.74) is 0. The van der Waals surface area contributed by atoms with Gasteiger partial charge in [-0.2, -0.15) is 0 Å². The fraction of sp³-hybridized carbons (Fsp3) is 0.400. The first kappa shape index (κ1) is 4.37. The van der Waals surface area contributed by atoms with Gasteiger partial charge in [-0.3, -0.25) is 0 Å². The molecule has 1 N–H and O–H groups in total. The van der Waals surface area contributed by atoms with Crippen LogP contribution >= 0.6 is 0 Å². The number of rotatable bonds is 0. The summed E-state index contributed by atoms with van der Waals surface area (Å²) in [6.45, 7) is 0.927. The average Bonchev–Trinajstić information content (AvgIpc) is 1.69. The standard InChI is InChI=1S/C5H8N2/c1-7-4-2-3-6-5-7/h2-4H,5H2,1H3/p+1. The van der Waals surface area contributed by atoms with Gasteiger partial charge in [-0.25, -0.2) is 4.58 Å². The smallest absolute Gasteiger partial charge is 0.215 e. The van der Waals surface area contributed by atoms with Gasteiger partial charge in [-0.1, -0.05) is 0 Å². The number of hydrogen-bond donors (Lipinski definition) is 1. The summed E-state index contributed by atoms with van der Waals surface area (Å²) < 4.78 is 2.07. The van der Waals surface area contributed by atoms with Gasteiger partial charge in [-0.05, 0) is 0 Å². The van der Waals surface area contributed by atoms with E-state index in [-0.39, 0.29) is 0 Å². The largest absolute Gasteiger partial charge is 0.337 e. The maximum Gasteiger partial charge on any atom is 0.215 e. The number of nitrogens with zero attached hydrogens (tertiary/aromatic N) is 1. The van der Waals surface area contributed by atoms with E-state index in [9.17, 15) is 0 Å². The van der Waals surface area contributed by atoms with Gasteiger partial charge in [-0.15, -0.1) is 0 Å². The molecule has 1 rings (SSSR count). The summed E-state index contributed by atoms with van der Waals surface area (Å²) in [5.74, 6) is 0. The van der Waals surface area contributed by atoms with Crippen LogP contribution in [0.1, 0.15) is 0 Å². The first-order chi connectivity index (χ1) is 3.39. The van der Waals surface area contributed by atoms with Crippen molar-refractivity contribution < 1.29 is 4.58 Å². The summed E-state index contributed by atoms with van der Waals surface area (Å²) in [5, 5.41) is 3.05. The van der Waals surface area contributed by atoms with Crippen molar-refractivity contribution in [3.05, 3.63) is 12.3 Å². The van der Waals surface area contributed by atoms with Crippen LogP contribution in [0.4, 0.5) is 0 Å². The number of allylic oxidation sites excluding steroid dienone is 1. The molecule has 1 aliphatic heterocycles. The minimum Gasteiger partial charge on any atom is -0.337 e. The normalized spacial score (nSPS) is 18.1. The van der Waals surface area contributed by atoms with E-state index in [2.05, 4.69) is 9.89 Å². The lowest BCUT2D eigenvalue weighted by Gasteiger charge is -1.98. The Kier molecular flexibility index (Phi) is 1.11. The molecule has 0 aliphatic carbocycles. The van der Waals surface area contributed by atoms with Crippen molar-refractivity contribution in [1.29, 1.82) is 0 Å². The Balaban J connectivity index is 2.57. The lowest BCUT2D eigenvalue weighted by molar-refractivity contribution is -0.497. The molecule has 7 heavy (non-hydrogen) atoms. The Morgan fingerprint density at radius 3 is 2.86 bits per heavy atom. The SMILES string of the molecule is C[N+]1=CC=CNC1. The number of hydrogen-bond acceptors (Lipinski definition) is 1. The molecule has 0 bridgehead atoms. The molecule has 0 spiro atoms. The van der Waals surface area contributed by atoms with Crippen LogP contribution in [0.15, 0.2) is 12.3 Å². The highest BCUT2D eigenvalue weighted by atomic mass is 15.1. The molecule has 0 aromatic rings. The third-order valence-corrected chi connectivity index (χ3v) is 0.895. The molecular formula is C5H9N2+. The molecule has 1 heterocycles. The van der Waals surface area contributed by atoms with Crippen LogP contribution in [-0.2, 0) is 0 Å². The van der Waals surface area contributed by atoms with E-state index in [1.165, 1.54) is 0 Å². The molecule has 2 heteroatoms. The molecular weight excluding hydrogens is 88.1 g/mol. The maximum absolute atomic E-state index is 3.05. The predicted octanol–water partition coefficient (Wildman–Crippen LogP) is -0.226. The maximum atomic E-state index is 3.05. The molecule has 0 aromatic carbocycles. The second kappa shape index (κ2) is 1.78. The van der Waals surface area contributed by atoms with Crippen molar-refractivity contribution in [2.24, 2.45) is 0 Å². The molecule has 0 aromatic heterocycles. The van der Waals surface area contributed by atoms with Gasteiger partial charge in [0.2, 0.25) is 6.67 Å². The third-order valence-electron chi connectivity index (χ3n) is 0.895. The first-order valence-corrected chi connectivity index (χ1v) is 2.33. The van der Waals surface area contributed by atoms with Gasteiger partial charge >= 0.3 is 0 Å². The average molecular weight is 97.1 g/mol. The topological polar surface area (TPSA) is 15.0 Å². The first-order valence-electron chi connectivity index (χ1n) is 2.33. The van der Waals surface area contributed by atoms with Gasteiger partial charge < -0.3 is 5.32 Å². The molecule has 0 unspecified atom stereocenters. The molecule has 1 aliphatic rings. The van der Waals surface area contributed by atoms with E-state index in [0.717, 1.165) is 6.67 Å². The van der Waals surface area contributed by atoms with Crippen molar-refractivity contribution in [3.63, 3.8) is 0 Å². The highest BCUT2D eigenvalue weighted by molar-refractivity contribution is 5.66. The third kappa shape index (κ3) is 1.03. The van der Waals surface area contributed by atoms with Crippen molar-refractivity contribution in [1.82, 2.24) is 5.32 Å². The van der Waals surface area contributed by atoms with Crippen LogP contribution < -0.4 is 5.32 Å². The fourth-order valence-corrected chi connectivity index (χ4v) is 0.507. The molecule has 0 saturated heterocycles. The molecule has 2 nitrogen and oxygen atoms in total. The van der Waals surface area contributed by atoms with E-state index >= 15 is 0 Å². The molecule has 0 amide bonds. The molecule has 38 valence electrons. The predicted molar refractivity (Wildman–Crippen MR) is 29.4 cm³/mol. The highest BCUT2D eigenvalue weighted by Crippen LogP contribution is 1.71. The molecule has 0 atom stereocenters. The van der Waals surface area contributed by atoms with Crippen LogP contribution in [0.2, 0.25) is 0 Å². The zero-order chi connectivity index (χ0) is 5.11. The zero-order valence-corrected chi connectivity index (χ0v) is 4.39. The Labute approximate surface area is 43.2 Å². The van der Waals surface area contributed by atoms with E-state index in [4.69, 9.17) is 0 Å². The van der Waals surface area contributed by atoms with Crippen LogP contribution in [0, 0.1) is 0 Å². The summed E-state index contributed by atoms with van der Waals surface area (Å²) in [4.78, 5) is 0. The van der Waals surface area contributed by atoms with Gasteiger partial charge in [0.05, 0.1) is 0 Å². The van der Waals surface area contributed by atoms with Crippen LogP contribution in [-0.4, -0.2) is 24.5 Å². The second-order valence-corrected chi connectivity index (χ2v) is 1.63. The van der Waals surface area contributed by atoms with E-state index in [0.29, 0.717) is 0 Å². The van der Waals surface area contributed by atoms with Crippen LogP contribution in [0.5, 0.6) is 0 Å². The fourth-order valence-electron chi connectivity index (χ4n) is 0.507. The molecule has 0 radical (unpaired) electrons. The Bertz CT molecular complexity index is 113. The summed E-state index contributed by atoms with van der Waals surface area (Å²) in [7, 11) is 2.02. The molecule has 0 fully saturated rings. The highest BCUT2D eigenvalue weighted by Gasteiger charge is 1.91. The quantitative estimate of drug-likeness (QED) is 0.413. The minimum absolute atomic E-state index is 0.927. The van der Waals surface area contributed by atoms with Gasteiger partial charge in [0, 0.05) is 12.3 Å². The summed E-state index contributed by atoms with van der Waals surface area (Å²) >= 11 is 0. The van der Waals surface area contributed by atoms with Crippen LogP contribution in [0.25, 0.3) is 0 Å². The summed E-state index contributed by atoms with van der Waals surface area (Å²) in [6.07, 6.45) is 5.93. The lowest BCUT2D eigenvalue weighted by atomic mass is 10.6. The van der Waals surface area contributed by atoms with Crippen molar-refractivity contribution >= 4 is 6.21 Å². The van der Waals surface area contributed by atoms with Crippen LogP contribution in [0.3, 0.4) is 0 Å². The van der Waals surface area contributed by atoms with E-state index < -0.39 is 0 Å². The van der Waals surface area contributed by atoms with Gasteiger partial charge in [0.15, 0.2) is 6.21 Å². The summed E-state index contributed by atoms with van der Waals surface area (Å²) in [6, 6.07) is 0. The zero-order valence-electron chi connectivity index (χ0n) is 4.39. The molecule has 0 saturated carbocycles. The Hall–Kier alpha value is -0.790. The van der Waals surface area contributed by atoms with E-state index in [1.54, 1.807) is 0 Å². The lowest BCUT2D eigenvalue weighted by Crippen LogP contribution is -2.23. The second-order valence-electron chi connectivity index (χ2n) is 1.63. The Morgan fingerprint density at radius 2 is 2.57 bits per heavy atom.